The molecule has 0 spiro atoms. The molecule has 0 unspecified atom stereocenters. The number of nitrogens with zero attached hydrogens (tertiary/aromatic N) is 2. The number of amides is 1. The lowest BCUT2D eigenvalue weighted by atomic mass is 10.3. The standard InChI is InChI=1S/C16H17N3OS2/c1-11-18-13(10-21-11)15-6-5-12(22-15)7-8-17-16(20)14-4-3-9-19(14)2/h3-6,9-10H,7-8H2,1-2H3,(H,17,20). The summed E-state index contributed by atoms with van der Waals surface area (Å²) in [6.45, 7) is 2.65. The molecule has 0 aliphatic carbocycles. The normalized spacial score (nSPS) is 10.8. The van der Waals surface area contributed by atoms with Gasteiger partial charge >= 0.3 is 0 Å². The molecule has 0 fully saturated rings. The van der Waals surface area contributed by atoms with E-state index in [-0.39, 0.29) is 5.91 Å². The number of hydrogen-bond donors (Lipinski definition) is 1. The molecule has 0 bridgehead atoms. The second kappa shape index (κ2) is 6.46. The molecule has 1 amide bonds. The summed E-state index contributed by atoms with van der Waals surface area (Å²) in [6, 6.07) is 7.91. The molecule has 1 N–H and O–H groups in total. The highest BCUT2D eigenvalue weighted by molar-refractivity contribution is 7.16. The smallest absolute Gasteiger partial charge is 0.267 e. The summed E-state index contributed by atoms with van der Waals surface area (Å²) in [5, 5.41) is 6.13. The monoisotopic (exact) mass is 331 g/mol. The van der Waals surface area contributed by atoms with Crippen LogP contribution in [0.3, 0.4) is 0 Å². The van der Waals surface area contributed by atoms with Gasteiger partial charge in [0.2, 0.25) is 0 Å². The Labute approximate surface area is 137 Å². The van der Waals surface area contributed by atoms with Crippen molar-refractivity contribution in [2.45, 2.75) is 13.3 Å². The Morgan fingerprint density at radius 1 is 1.36 bits per heavy atom. The molecule has 0 radical (unpaired) electrons. The predicted molar refractivity (Wildman–Crippen MR) is 91.6 cm³/mol. The number of aryl methyl sites for hydroxylation is 2. The van der Waals surface area contributed by atoms with Crippen molar-refractivity contribution in [3.63, 3.8) is 0 Å². The van der Waals surface area contributed by atoms with Gasteiger partial charge < -0.3 is 9.88 Å². The van der Waals surface area contributed by atoms with Crippen LogP contribution in [0.2, 0.25) is 0 Å². The van der Waals surface area contributed by atoms with Crippen molar-refractivity contribution >= 4 is 28.6 Å². The molecule has 0 aliphatic rings. The third-order valence-electron chi connectivity index (χ3n) is 3.37. The maximum absolute atomic E-state index is 12.0. The Morgan fingerprint density at radius 3 is 2.91 bits per heavy atom. The maximum atomic E-state index is 12.0. The van der Waals surface area contributed by atoms with Crippen LogP contribution in [0.4, 0.5) is 0 Å². The van der Waals surface area contributed by atoms with Gasteiger partial charge in [-0.3, -0.25) is 4.79 Å². The van der Waals surface area contributed by atoms with E-state index in [1.165, 1.54) is 9.75 Å². The first kappa shape index (κ1) is 15.0. The van der Waals surface area contributed by atoms with Crippen molar-refractivity contribution in [3.8, 4) is 10.6 Å². The van der Waals surface area contributed by atoms with Crippen LogP contribution in [-0.2, 0) is 13.5 Å². The van der Waals surface area contributed by atoms with Crippen molar-refractivity contribution in [2.24, 2.45) is 7.05 Å². The summed E-state index contributed by atoms with van der Waals surface area (Å²) >= 11 is 3.41. The van der Waals surface area contributed by atoms with Gasteiger partial charge in [-0.2, -0.15) is 0 Å². The number of nitrogens with one attached hydrogen (secondary N) is 1. The largest absolute Gasteiger partial charge is 0.350 e. The quantitative estimate of drug-likeness (QED) is 0.778. The Bertz CT molecular complexity index is 785. The number of carbonyl (C=O) groups excluding carboxylic acids is 1. The van der Waals surface area contributed by atoms with Gasteiger partial charge in [0, 0.05) is 30.0 Å². The Kier molecular flexibility index (Phi) is 4.40. The van der Waals surface area contributed by atoms with Gasteiger partial charge in [-0.1, -0.05) is 0 Å². The molecule has 0 saturated carbocycles. The molecule has 0 atom stereocenters. The summed E-state index contributed by atoms with van der Waals surface area (Å²) in [6.07, 6.45) is 2.71. The first-order chi connectivity index (χ1) is 10.6. The van der Waals surface area contributed by atoms with Crippen LogP contribution in [0.25, 0.3) is 10.6 Å². The lowest BCUT2D eigenvalue weighted by Crippen LogP contribution is -2.27. The molecule has 6 heteroatoms. The average Bonchev–Trinajstić information content (AvgIpc) is 3.19. The van der Waals surface area contributed by atoms with E-state index in [2.05, 4.69) is 27.8 Å². The molecule has 3 rings (SSSR count). The summed E-state index contributed by atoms with van der Waals surface area (Å²) in [5.41, 5.74) is 1.73. The van der Waals surface area contributed by atoms with Gasteiger partial charge in [-0.05, 0) is 37.6 Å². The summed E-state index contributed by atoms with van der Waals surface area (Å²) in [5.74, 6) is -0.0283. The first-order valence-corrected chi connectivity index (χ1v) is 8.74. The van der Waals surface area contributed by atoms with Gasteiger partial charge in [0.05, 0.1) is 15.6 Å². The molecule has 3 heterocycles. The molecule has 0 aliphatic heterocycles. The van der Waals surface area contributed by atoms with E-state index < -0.39 is 0 Å². The number of hydrogen-bond acceptors (Lipinski definition) is 4. The van der Waals surface area contributed by atoms with Gasteiger partial charge in [0.1, 0.15) is 5.69 Å². The fraction of sp³-hybridized carbons (Fsp3) is 0.250. The van der Waals surface area contributed by atoms with E-state index in [1.54, 1.807) is 22.7 Å². The van der Waals surface area contributed by atoms with Crippen molar-refractivity contribution < 1.29 is 4.79 Å². The molecule has 3 aromatic heterocycles. The van der Waals surface area contributed by atoms with Gasteiger partial charge in [-0.25, -0.2) is 4.98 Å². The second-order valence-electron chi connectivity index (χ2n) is 5.03. The minimum absolute atomic E-state index is 0.0283. The minimum atomic E-state index is -0.0283. The van der Waals surface area contributed by atoms with E-state index in [4.69, 9.17) is 0 Å². The van der Waals surface area contributed by atoms with Gasteiger partial charge in [-0.15, -0.1) is 22.7 Å². The summed E-state index contributed by atoms with van der Waals surface area (Å²) in [7, 11) is 1.87. The molecular formula is C16H17N3OS2. The first-order valence-electron chi connectivity index (χ1n) is 7.04. The molecule has 114 valence electrons. The van der Waals surface area contributed by atoms with Gasteiger partial charge in [0.15, 0.2) is 0 Å². The summed E-state index contributed by atoms with van der Waals surface area (Å²) < 4.78 is 1.82. The Balaban J connectivity index is 1.55. The zero-order chi connectivity index (χ0) is 15.5. The highest BCUT2D eigenvalue weighted by Gasteiger charge is 2.09. The van der Waals surface area contributed by atoms with E-state index >= 15 is 0 Å². The van der Waals surface area contributed by atoms with Crippen LogP contribution in [0.15, 0.2) is 35.8 Å². The molecule has 4 nitrogen and oxygen atoms in total. The highest BCUT2D eigenvalue weighted by Crippen LogP contribution is 2.29. The van der Waals surface area contributed by atoms with E-state index in [0.29, 0.717) is 12.2 Å². The minimum Gasteiger partial charge on any atom is -0.350 e. The molecule has 22 heavy (non-hydrogen) atoms. The van der Waals surface area contributed by atoms with Crippen molar-refractivity contribution in [1.29, 1.82) is 0 Å². The number of aromatic nitrogens is 2. The fourth-order valence-electron chi connectivity index (χ4n) is 2.21. The SMILES string of the molecule is Cc1nc(-c2ccc(CCNC(=O)c3cccn3C)s2)cs1. The topological polar surface area (TPSA) is 46.9 Å². The van der Waals surface area contributed by atoms with Crippen LogP contribution < -0.4 is 5.32 Å². The Morgan fingerprint density at radius 2 is 2.23 bits per heavy atom. The van der Waals surface area contributed by atoms with Crippen molar-refractivity contribution in [2.75, 3.05) is 6.54 Å². The molecular weight excluding hydrogens is 314 g/mol. The zero-order valence-electron chi connectivity index (χ0n) is 12.5. The van der Waals surface area contributed by atoms with Crippen molar-refractivity contribution in [3.05, 3.63) is 51.4 Å². The van der Waals surface area contributed by atoms with Crippen LogP contribution in [0, 0.1) is 6.92 Å². The van der Waals surface area contributed by atoms with E-state index in [9.17, 15) is 4.79 Å². The van der Waals surface area contributed by atoms with Crippen LogP contribution in [0.5, 0.6) is 0 Å². The third-order valence-corrected chi connectivity index (χ3v) is 5.31. The second-order valence-corrected chi connectivity index (χ2v) is 7.26. The summed E-state index contributed by atoms with van der Waals surface area (Å²) in [4.78, 5) is 19.0. The fourth-order valence-corrected chi connectivity index (χ4v) is 3.87. The lowest BCUT2D eigenvalue weighted by Gasteiger charge is -2.05. The average molecular weight is 331 g/mol. The molecule has 3 aromatic rings. The van der Waals surface area contributed by atoms with E-state index in [1.807, 2.05) is 36.9 Å². The number of carbonyl (C=O) groups is 1. The highest BCUT2D eigenvalue weighted by atomic mass is 32.1. The zero-order valence-corrected chi connectivity index (χ0v) is 14.1. The van der Waals surface area contributed by atoms with Gasteiger partial charge in [0.25, 0.3) is 5.91 Å². The van der Waals surface area contributed by atoms with E-state index in [0.717, 1.165) is 17.1 Å². The van der Waals surface area contributed by atoms with Crippen molar-refractivity contribution in [1.82, 2.24) is 14.9 Å². The maximum Gasteiger partial charge on any atom is 0.267 e. The number of thiophene rings is 1. The number of thiazole rings is 1. The van der Waals surface area contributed by atoms with Crippen LogP contribution >= 0.6 is 22.7 Å². The van der Waals surface area contributed by atoms with Crippen LogP contribution in [0.1, 0.15) is 20.4 Å². The predicted octanol–water partition coefficient (Wildman–Crippen LogP) is 3.49. The molecule has 0 saturated heterocycles. The van der Waals surface area contributed by atoms with Crippen LogP contribution in [-0.4, -0.2) is 22.0 Å². The lowest BCUT2D eigenvalue weighted by molar-refractivity contribution is 0.0946. The Hall–Kier alpha value is -1.92. The number of rotatable bonds is 5. The molecule has 0 aromatic carbocycles. The third kappa shape index (κ3) is 3.28.